The molecule has 3 nitrogen and oxygen atoms in total. The summed E-state index contributed by atoms with van der Waals surface area (Å²) in [6.07, 6.45) is 5.74. The van der Waals surface area contributed by atoms with E-state index in [1.165, 1.54) is 51.1 Å². The molecule has 0 amide bonds. The number of nitrogens with one attached hydrogen (secondary N) is 2. The molecule has 1 aliphatic heterocycles. The van der Waals surface area contributed by atoms with E-state index in [1.54, 1.807) is 0 Å². The summed E-state index contributed by atoms with van der Waals surface area (Å²) in [6, 6.07) is 1.75. The minimum Gasteiger partial charge on any atom is -0.311 e. The summed E-state index contributed by atoms with van der Waals surface area (Å²) in [4.78, 5) is 2.61. The summed E-state index contributed by atoms with van der Waals surface area (Å²) in [5, 5.41) is 3.75. The topological polar surface area (TPSA) is 27.3 Å². The van der Waals surface area contributed by atoms with Gasteiger partial charge >= 0.3 is 0 Å². The SMILES string of the molecule is CCSNCCN1CC2(CC(NC3CC3)C2)C1. The van der Waals surface area contributed by atoms with Gasteiger partial charge < -0.3 is 10.2 Å². The van der Waals surface area contributed by atoms with Crippen molar-refractivity contribution < 1.29 is 0 Å². The predicted octanol–water partition coefficient (Wildman–Crippen LogP) is 1.46. The summed E-state index contributed by atoms with van der Waals surface area (Å²) >= 11 is 1.83. The third-order valence-electron chi connectivity index (χ3n) is 4.30. The van der Waals surface area contributed by atoms with Crippen LogP contribution in [-0.4, -0.2) is 48.9 Å². The van der Waals surface area contributed by atoms with Gasteiger partial charge in [-0.1, -0.05) is 18.9 Å². The van der Waals surface area contributed by atoms with Gasteiger partial charge in [0.05, 0.1) is 0 Å². The molecular formula is C13H25N3S. The average Bonchev–Trinajstić information content (AvgIpc) is 3.00. The smallest absolute Gasteiger partial charge is 0.0186 e. The lowest BCUT2D eigenvalue weighted by Gasteiger charge is -2.59. The predicted molar refractivity (Wildman–Crippen MR) is 74.2 cm³/mol. The van der Waals surface area contributed by atoms with Crippen LogP contribution in [0.4, 0.5) is 0 Å². The minimum atomic E-state index is 0.727. The molecule has 0 aromatic heterocycles. The summed E-state index contributed by atoms with van der Waals surface area (Å²) in [7, 11) is 0. The van der Waals surface area contributed by atoms with E-state index in [9.17, 15) is 0 Å². The normalized spacial score (nSPS) is 28.1. The van der Waals surface area contributed by atoms with Crippen LogP contribution >= 0.6 is 11.9 Å². The Labute approximate surface area is 109 Å². The van der Waals surface area contributed by atoms with Gasteiger partial charge in [0.2, 0.25) is 0 Å². The Morgan fingerprint density at radius 3 is 2.65 bits per heavy atom. The molecule has 1 saturated heterocycles. The fourth-order valence-corrected chi connectivity index (χ4v) is 3.82. The van der Waals surface area contributed by atoms with E-state index in [4.69, 9.17) is 0 Å². The van der Waals surface area contributed by atoms with Gasteiger partial charge in [0.15, 0.2) is 0 Å². The highest BCUT2D eigenvalue weighted by molar-refractivity contribution is 7.97. The van der Waals surface area contributed by atoms with Gasteiger partial charge in [-0.3, -0.25) is 4.72 Å². The van der Waals surface area contributed by atoms with Gasteiger partial charge in [0, 0.05) is 44.0 Å². The molecule has 4 heteroatoms. The Morgan fingerprint density at radius 1 is 1.24 bits per heavy atom. The molecular weight excluding hydrogens is 230 g/mol. The van der Waals surface area contributed by atoms with Gasteiger partial charge in [-0.2, -0.15) is 0 Å². The van der Waals surface area contributed by atoms with Gasteiger partial charge in [0.25, 0.3) is 0 Å². The molecule has 2 aliphatic carbocycles. The zero-order chi connectivity index (χ0) is 11.7. The maximum absolute atomic E-state index is 3.75. The van der Waals surface area contributed by atoms with E-state index in [1.807, 2.05) is 11.9 Å². The lowest BCUT2D eigenvalue weighted by Crippen LogP contribution is -2.66. The van der Waals surface area contributed by atoms with Gasteiger partial charge in [-0.25, -0.2) is 0 Å². The van der Waals surface area contributed by atoms with E-state index in [0.717, 1.165) is 24.0 Å². The summed E-state index contributed by atoms with van der Waals surface area (Å²) in [5.41, 5.74) is 0.727. The van der Waals surface area contributed by atoms with Crippen molar-refractivity contribution in [2.45, 2.75) is 44.7 Å². The maximum Gasteiger partial charge on any atom is 0.0186 e. The van der Waals surface area contributed by atoms with Crippen molar-refractivity contribution >= 4 is 11.9 Å². The number of hydrogen-bond donors (Lipinski definition) is 2. The van der Waals surface area contributed by atoms with Crippen molar-refractivity contribution in [3.05, 3.63) is 0 Å². The Balaban J connectivity index is 1.25. The van der Waals surface area contributed by atoms with Crippen LogP contribution in [0.1, 0.15) is 32.6 Å². The van der Waals surface area contributed by atoms with Crippen LogP contribution < -0.4 is 10.0 Å². The first-order valence-corrected chi connectivity index (χ1v) is 8.11. The van der Waals surface area contributed by atoms with Crippen molar-refractivity contribution in [3.63, 3.8) is 0 Å². The molecule has 0 aromatic carbocycles. The third-order valence-corrected chi connectivity index (χ3v) is 5.00. The Kier molecular flexibility index (Phi) is 3.67. The molecule has 0 aromatic rings. The minimum absolute atomic E-state index is 0.727. The van der Waals surface area contributed by atoms with Crippen LogP contribution in [0.5, 0.6) is 0 Å². The molecule has 3 aliphatic rings. The molecule has 3 rings (SSSR count). The van der Waals surface area contributed by atoms with Gasteiger partial charge in [-0.15, -0.1) is 0 Å². The number of rotatable bonds is 7. The summed E-state index contributed by atoms with van der Waals surface area (Å²) in [6.45, 7) is 7.27. The lowest BCUT2D eigenvalue weighted by molar-refractivity contribution is -0.0773. The van der Waals surface area contributed by atoms with E-state index in [2.05, 4.69) is 21.9 Å². The van der Waals surface area contributed by atoms with Gasteiger partial charge in [-0.05, 0) is 31.1 Å². The second kappa shape index (κ2) is 5.08. The second-order valence-corrected chi connectivity index (χ2v) is 7.24. The van der Waals surface area contributed by atoms with Crippen LogP contribution in [0.15, 0.2) is 0 Å². The van der Waals surface area contributed by atoms with Crippen LogP contribution in [0.3, 0.4) is 0 Å². The molecule has 0 bridgehead atoms. The van der Waals surface area contributed by atoms with Crippen molar-refractivity contribution in [1.29, 1.82) is 0 Å². The fourth-order valence-electron chi connectivity index (χ4n) is 3.38. The second-order valence-electron chi connectivity index (χ2n) is 6.08. The Hall–Kier alpha value is 0.230. The largest absolute Gasteiger partial charge is 0.311 e. The number of nitrogens with zero attached hydrogens (tertiary/aromatic N) is 1. The highest BCUT2D eigenvalue weighted by Crippen LogP contribution is 2.48. The lowest BCUT2D eigenvalue weighted by atomic mass is 9.60. The van der Waals surface area contributed by atoms with Gasteiger partial charge in [0.1, 0.15) is 0 Å². The van der Waals surface area contributed by atoms with Crippen molar-refractivity contribution in [2.24, 2.45) is 5.41 Å². The molecule has 1 heterocycles. The average molecular weight is 255 g/mol. The van der Waals surface area contributed by atoms with Crippen LogP contribution in [0, 0.1) is 5.41 Å². The van der Waals surface area contributed by atoms with E-state index in [0.29, 0.717) is 0 Å². The number of likely N-dealkylation sites (tertiary alicyclic amines) is 1. The monoisotopic (exact) mass is 255 g/mol. The maximum atomic E-state index is 3.75. The van der Waals surface area contributed by atoms with Crippen molar-refractivity contribution in [2.75, 3.05) is 31.9 Å². The van der Waals surface area contributed by atoms with E-state index >= 15 is 0 Å². The molecule has 1 spiro atoms. The fraction of sp³-hybridized carbons (Fsp3) is 1.00. The van der Waals surface area contributed by atoms with Crippen molar-refractivity contribution in [3.8, 4) is 0 Å². The molecule has 0 unspecified atom stereocenters. The first-order valence-electron chi connectivity index (χ1n) is 7.13. The van der Waals surface area contributed by atoms with E-state index in [-0.39, 0.29) is 0 Å². The Morgan fingerprint density at radius 2 is 2.00 bits per heavy atom. The summed E-state index contributed by atoms with van der Waals surface area (Å²) in [5.74, 6) is 1.17. The van der Waals surface area contributed by atoms with Crippen molar-refractivity contribution in [1.82, 2.24) is 14.9 Å². The first kappa shape index (κ1) is 12.3. The van der Waals surface area contributed by atoms with E-state index < -0.39 is 0 Å². The first-order chi connectivity index (χ1) is 8.30. The zero-order valence-corrected chi connectivity index (χ0v) is 11.7. The molecule has 0 atom stereocenters. The molecule has 3 fully saturated rings. The molecule has 0 radical (unpaired) electrons. The van der Waals surface area contributed by atoms with Crippen LogP contribution in [0.25, 0.3) is 0 Å². The molecule has 98 valence electrons. The highest BCUT2D eigenvalue weighted by atomic mass is 32.2. The highest BCUT2D eigenvalue weighted by Gasteiger charge is 2.52. The molecule has 2 N–H and O–H groups in total. The van der Waals surface area contributed by atoms with Crippen LogP contribution in [0.2, 0.25) is 0 Å². The quantitative estimate of drug-likeness (QED) is 0.532. The molecule has 2 saturated carbocycles. The molecule has 17 heavy (non-hydrogen) atoms. The number of hydrogen-bond acceptors (Lipinski definition) is 4. The zero-order valence-electron chi connectivity index (χ0n) is 10.9. The third kappa shape index (κ3) is 2.98. The summed E-state index contributed by atoms with van der Waals surface area (Å²) < 4.78 is 3.40. The standard InChI is InChI=1S/C13H25N3S/c1-2-17-14-5-6-16-9-13(10-16)7-12(8-13)15-11-3-4-11/h11-12,14-15H,2-10H2,1H3. The van der Waals surface area contributed by atoms with Crippen LogP contribution in [-0.2, 0) is 0 Å². The Bertz CT molecular complexity index is 253.